The molecular weight excluding hydrogens is 364 g/mol. The molecule has 0 atom stereocenters. The molecule has 0 aliphatic carbocycles. The van der Waals surface area contributed by atoms with Crippen molar-refractivity contribution in [2.24, 2.45) is 0 Å². The van der Waals surface area contributed by atoms with E-state index in [0.717, 1.165) is 17.0 Å². The number of anilines is 1. The number of methoxy groups -OCH3 is 1. The molecule has 0 spiro atoms. The van der Waals surface area contributed by atoms with Crippen molar-refractivity contribution in [3.05, 3.63) is 59.1 Å². The van der Waals surface area contributed by atoms with Gasteiger partial charge >= 0.3 is 0 Å². The second-order valence-corrected chi connectivity index (χ2v) is 6.00. The summed E-state index contributed by atoms with van der Waals surface area (Å²) in [4.78, 5) is 0. The number of ether oxygens (including phenoxy) is 1. The third-order valence-corrected chi connectivity index (χ3v) is 3.67. The van der Waals surface area contributed by atoms with Crippen molar-refractivity contribution in [2.75, 3.05) is 12.4 Å². The second kappa shape index (κ2) is 9.27. The molecule has 24 heavy (non-hydrogen) atoms. The standard InChI is InChI=1S/C16H17ClN4OS2/c1-22-14-7-5-11(6-8-14)10-18-15(23)20-21-16(24)19-13-4-2-3-12(17)9-13/h2-9H,10H2,1H3,(H2,18,20,23)(H2,19,21,24). The Morgan fingerprint density at radius 3 is 2.42 bits per heavy atom. The van der Waals surface area contributed by atoms with E-state index < -0.39 is 0 Å². The van der Waals surface area contributed by atoms with Crippen molar-refractivity contribution in [3.8, 4) is 5.75 Å². The topological polar surface area (TPSA) is 57.4 Å². The van der Waals surface area contributed by atoms with E-state index in [9.17, 15) is 0 Å². The molecular formula is C16H17ClN4OS2. The molecule has 8 heteroatoms. The molecule has 4 N–H and O–H groups in total. The first-order chi connectivity index (χ1) is 11.6. The van der Waals surface area contributed by atoms with Gasteiger partial charge in [0.2, 0.25) is 0 Å². The maximum absolute atomic E-state index is 5.92. The maximum Gasteiger partial charge on any atom is 0.189 e. The molecule has 0 aliphatic heterocycles. The predicted octanol–water partition coefficient (Wildman–Crippen LogP) is 3.21. The Labute approximate surface area is 156 Å². The Morgan fingerprint density at radius 1 is 1.04 bits per heavy atom. The van der Waals surface area contributed by atoms with Crippen LogP contribution in [0.15, 0.2) is 48.5 Å². The van der Waals surface area contributed by atoms with E-state index in [4.69, 9.17) is 40.8 Å². The van der Waals surface area contributed by atoms with Crippen molar-refractivity contribution < 1.29 is 4.74 Å². The number of hydrogen-bond donors (Lipinski definition) is 4. The van der Waals surface area contributed by atoms with Gasteiger partial charge in [-0.3, -0.25) is 10.9 Å². The summed E-state index contributed by atoms with van der Waals surface area (Å²) >= 11 is 16.3. The van der Waals surface area contributed by atoms with E-state index in [1.54, 1.807) is 19.2 Å². The van der Waals surface area contributed by atoms with Crippen LogP contribution in [0, 0.1) is 0 Å². The van der Waals surface area contributed by atoms with Crippen molar-refractivity contribution in [3.63, 3.8) is 0 Å². The molecule has 2 aromatic rings. The Kier molecular flexibility index (Phi) is 7.05. The summed E-state index contributed by atoms with van der Waals surface area (Å²) in [6.45, 7) is 0.589. The van der Waals surface area contributed by atoms with Crippen LogP contribution in [-0.4, -0.2) is 17.3 Å². The van der Waals surface area contributed by atoms with Gasteiger partial charge in [-0.2, -0.15) is 0 Å². The molecule has 0 radical (unpaired) electrons. The monoisotopic (exact) mass is 380 g/mol. The van der Waals surface area contributed by atoms with E-state index in [0.29, 0.717) is 21.8 Å². The zero-order chi connectivity index (χ0) is 17.4. The Bertz CT molecular complexity index is 709. The summed E-state index contributed by atoms with van der Waals surface area (Å²) in [6.07, 6.45) is 0. The van der Waals surface area contributed by atoms with Crippen molar-refractivity contribution in [1.82, 2.24) is 16.2 Å². The molecule has 5 nitrogen and oxygen atoms in total. The summed E-state index contributed by atoms with van der Waals surface area (Å²) in [6, 6.07) is 15.0. The molecule has 0 aliphatic rings. The number of rotatable bonds is 4. The number of hydrazine groups is 1. The van der Waals surface area contributed by atoms with E-state index in [2.05, 4.69) is 21.5 Å². The molecule has 0 unspecified atom stereocenters. The fraction of sp³-hybridized carbons (Fsp3) is 0.125. The van der Waals surface area contributed by atoms with Crippen LogP contribution in [0.5, 0.6) is 5.75 Å². The molecule has 0 bridgehead atoms. The van der Waals surface area contributed by atoms with E-state index >= 15 is 0 Å². The fourth-order valence-corrected chi connectivity index (χ4v) is 2.29. The number of benzene rings is 2. The lowest BCUT2D eigenvalue weighted by atomic mass is 10.2. The van der Waals surface area contributed by atoms with Crippen LogP contribution in [0.25, 0.3) is 0 Å². The minimum atomic E-state index is 0.380. The highest BCUT2D eigenvalue weighted by Gasteiger charge is 2.00. The fourth-order valence-electron chi connectivity index (χ4n) is 1.81. The summed E-state index contributed by atoms with van der Waals surface area (Å²) < 4.78 is 5.12. The first-order valence-electron chi connectivity index (χ1n) is 7.06. The lowest BCUT2D eigenvalue weighted by Gasteiger charge is -2.14. The summed E-state index contributed by atoms with van der Waals surface area (Å²) in [5.41, 5.74) is 7.50. The lowest BCUT2D eigenvalue weighted by molar-refractivity contribution is 0.414. The molecule has 0 amide bonds. The van der Waals surface area contributed by atoms with Gasteiger partial charge < -0.3 is 15.4 Å². The highest BCUT2D eigenvalue weighted by atomic mass is 35.5. The van der Waals surface area contributed by atoms with Crippen molar-refractivity contribution in [1.29, 1.82) is 0 Å². The molecule has 0 fully saturated rings. The zero-order valence-corrected chi connectivity index (χ0v) is 15.3. The van der Waals surface area contributed by atoms with Gasteiger partial charge in [-0.05, 0) is 60.3 Å². The molecule has 0 aromatic heterocycles. The van der Waals surface area contributed by atoms with E-state index in [1.807, 2.05) is 36.4 Å². The maximum atomic E-state index is 5.92. The average Bonchev–Trinajstić information content (AvgIpc) is 2.58. The lowest BCUT2D eigenvalue weighted by Crippen LogP contribution is -2.47. The molecule has 2 aromatic carbocycles. The summed E-state index contributed by atoms with van der Waals surface area (Å²) in [7, 11) is 1.64. The number of thiocarbonyl (C=S) groups is 2. The van der Waals surface area contributed by atoms with E-state index in [-0.39, 0.29) is 0 Å². The third-order valence-electron chi connectivity index (χ3n) is 2.98. The summed E-state index contributed by atoms with van der Waals surface area (Å²) in [5, 5.41) is 7.51. The van der Waals surface area contributed by atoms with Crippen LogP contribution in [0.2, 0.25) is 5.02 Å². The van der Waals surface area contributed by atoms with Gasteiger partial charge in [0, 0.05) is 17.3 Å². The number of hydrogen-bond acceptors (Lipinski definition) is 3. The molecule has 2 rings (SSSR count). The first kappa shape index (κ1) is 18.3. The second-order valence-electron chi connectivity index (χ2n) is 4.75. The molecule has 0 saturated carbocycles. The van der Waals surface area contributed by atoms with Gasteiger partial charge in [0.05, 0.1) is 7.11 Å². The van der Waals surface area contributed by atoms with Crippen LogP contribution >= 0.6 is 36.0 Å². The van der Waals surface area contributed by atoms with Gasteiger partial charge in [0.25, 0.3) is 0 Å². The van der Waals surface area contributed by atoms with Crippen molar-refractivity contribution >= 4 is 51.9 Å². The molecule has 126 valence electrons. The predicted molar refractivity (Wildman–Crippen MR) is 106 cm³/mol. The van der Waals surface area contributed by atoms with Gasteiger partial charge in [0.15, 0.2) is 10.2 Å². The van der Waals surface area contributed by atoms with Crippen molar-refractivity contribution in [2.45, 2.75) is 6.54 Å². The first-order valence-corrected chi connectivity index (χ1v) is 8.25. The van der Waals surface area contributed by atoms with Gasteiger partial charge in [-0.15, -0.1) is 0 Å². The van der Waals surface area contributed by atoms with Gasteiger partial charge in [-0.1, -0.05) is 29.8 Å². The SMILES string of the molecule is COc1ccc(CNC(=S)NNC(=S)Nc2cccc(Cl)c2)cc1. The zero-order valence-electron chi connectivity index (χ0n) is 12.9. The third kappa shape index (κ3) is 6.19. The van der Waals surface area contributed by atoms with Crippen LogP contribution in [0.3, 0.4) is 0 Å². The molecule has 0 saturated heterocycles. The quantitative estimate of drug-likeness (QED) is 0.480. The highest BCUT2D eigenvalue weighted by molar-refractivity contribution is 7.80. The van der Waals surface area contributed by atoms with Gasteiger partial charge in [-0.25, -0.2) is 0 Å². The number of nitrogens with one attached hydrogen (secondary N) is 4. The number of halogens is 1. The Morgan fingerprint density at radius 2 is 1.75 bits per heavy atom. The largest absolute Gasteiger partial charge is 0.497 e. The Hall–Kier alpha value is -2.09. The smallest absolute Gasteiger partial charge is 0.189 e. The van der Waals surface area contributed by atoms with Crippen LogP contribution < -0.4 is 26.2 Å². The average molecular weight is 381 g/mol. The minimum absolute atomic E-state index is 0.380. The highest BCUT2D eigenvalue weighted by Crippen LogP contribution is 2.14. The Balaban J connectivity index is 1.71. The van der Waals surface area contributed by atoms with Crippen LogP contribution in [-0.2, 0) is 6.54 Å². The van der Waals surface area contributed by atoms with Crippen LogP contribution in [0.1, 0.15) is 5.56 Å². The normalized spacial score (nSPS) is 9.75. The van der Waals surface area contributed by atoms with Gasteiger partial charge in [0.1, 0.15) is 5.75 Å². The van der Waals surface area contributed by atoms with Crippen LogP contribution in [0.4, 0.5) is 5.69 Å². The van der Waals surface area contributed by atoms with E-state index in [1.165, 1.54) is 0 Å². The minimum Gasteiger partial charge on any atom is -0.497 e. The summed E-state index contributed by atoms with van der Waals surface area (Å²) in [5.74, 6) is 0.818. The molecule has 0 heterocycles.